The lowest BCUT2D eigenvalue weighted by molar-refractivity contribution is -0.497. The predicted molar refractivity (Wildman–Crippen MR) is 174 cm³/mol. The molecule has 3 aromatic carbocycles. The molecule has 5 rings (SSSR count). The number of aromatic carboxylic acids is 1. The first-order chi connectivity index (χ1) is 23.9. The molecule has 0 spiro atoms. The van der Waals surface area contributed by atoms with E-state index in [2.05, 4.69) is 25.2 Å². The Kier molecular flexibility index (Phi) is 11.3. The molecule has 0 aliphatic heterocycles. The van der Waals surface area contributed by atoms with Gasteiger partial charge in [-0.05, 0) is 53.3 Å². The number of rotatable bonds is 15. The van der Waals surface area contributed by atoms with Crippen LogP contribution in [0.1, 0.15) is 65.9 Å². The highest BCUT2D eigenvalue weighted by atomic mass is 17.1. The smallest absolute Gasteiger partial charge is 0.477 e. The second-order valence-corrected chi connectivity index (χ2v) is 11.8. The van der Waals surface area contributed by atoms with Crippen molar-refractivity contribution in [1.82, 2.24) is 35.1 Å². The van der Waals surface area contributed by atoms with Crippen molar-refractivity contribution in [2.75, 3.05) is 0 Å². The Hall–Kier alpha value is -5.52. The molecule has 0 saturated heterocycles. The molecule has 0 bridgehead atoms. The average Bonchev–Trinajstić information content (AvgIpc) is 3.71. The van der Waals surface area contributed by atoms with Crippen LogP contribution in [0, 0.1) is 0 Å². The summed E-state index contributed by atoms with van der Waals surface area (Å²) in [6.45, 7) is 4.61. The van der Waals surface area contributed by atoms with Crippen molar-refractivity contribution in [3.63, 3.8) is 0 Å². The van der Waals surface area contributed by atoms with Gasteiger partial charge in [-0.1, -0.05) is 79.7 Å². The third-order valence-electron chi connectivity index (χ3n) is 7.63. The number of hydrogen-bond acceptors (Lipinski definition) is 13. The molecular weight excluding hydrogens is 650 g/mol. The number of hydrogen-bond donors (Lipinski definition) is 4. The van der Waals surface area contributed by atoms with Gasteiger partial charge < -0.3 is 24.3 Å². The van der Waals surface area contributed by atoms with Gasteiger partial charge in [-0.3, -0.25) is 10.4 Å². The van der Waals surface area contributed by atoms with Crippen LogP contribution in [0.25, 0.3) is 22.5 Å². The number of carbonyl (C=O) groups excluding carboxylic acids is 1. The van der Waals surface area contributed by atoms with Gasteiger partial charge in [-0.15, -0.1) is 15.0 Å². The molecular formula is C34H37N7O9. The maximum Gasteiger partial charge on any atom is 0.510 e. The van der Waals surface area contributed by atoms with Crippen molar-refractivity contribution >= 4 is 12.1 Å². The molecule has 0 fully saturated rings. The van der Waals surface area contributed by atoms with Crippen molar-refractivity contribution in [2.24, 2.45) is 0 Å². The van der Waals surface area contributed by atoms with Gasteiger partial charge in [0.05, 0.1) is 12.0 Å². The zero-order chi connectivity index (χ0) is 35.8. The fraction of sp³-hybridized carbons (Fsp3) is 0.294. The minimum Gasteiger partial charge on any atom is -0.477 e. The molecule has 0 saturated carbocycles. The van der Waals surface area contributed by atoms with E-state index in [9.17, 15) is 19.8 Å². The van der Waals surface area contributed by atoms with E-state index in [4.69, 9.17) is 19.9 Å². The standard InChI is InChI=1S/C34H37N7O9/c1-4-9-28-35-30(34(2,3)45)29(32(42)43)39(28)18-22-14-16-23(17-15-22)26-12-7-8-13-27(26)31-36-38-40(37-31)21-49-33(44)48-19-24-10-5-6-11-25(24)20-50-41(46)47/h5-8,10-17,45-47H,4,9,18-21H2,1-3H3,(H,42,43). The van der Waals surface area contributed by atoms with Crippen LogP contribution in [0.15, 0.2) is 72.8 Å². The molecule has 16 heteroatoms. The molecule has 0 radical (unpaired) electrons. The van der Waals surface area contributed by atoms with E-state index in [1.807, 2.05) is 55.5 Å². The number of aliphatic hydroxyl groups is 1. The Balaban J connectivity index is 1.26. The summed E-state index contributed by atoms with van der Waals surface area (Å²) in [6, 6.07) is 21.9. The van der Waals surface area contributed by atoms with Crippen molar-refractivity contribution in [3.05, 3.63) is 107 Å². The van der Waals surface area contributed by atoms with Crippen molar-refractivity contribution in [3.8, 4) is 22.5 Å². The summed E-state index contributed by atoms with van der Waals surface area (Å²) >= 11 is 0. The molecule has 0 unspecified atom stereocenters. The fourth-order valence-electron chi connectivity index (χ4n) is 5.29. The average molecular weight is 688 g/mol. The van der Waals surface area contributed by atoms with Gasteiger partial charge in [-0.2, -0.15) is 0 Å². The van der Waals surface area contributed by atoms with Crippen LogP contribution in [0.5, 0.6) is 0 Å². The normalized spacial score (nSPS) is 11.6. The Morgan fingerprint density at radius 1 is 0.900 bits per heavy atom. The number of imidazole rings is 1. The largest absolute Gasteiger partial charge is 0.510 e. The van der Waals surface area contributed by atoms with E-state index in [0.717, 1.165) is 27.9 Å². The Morgan fingerprint density at radius 2 is 1.56 bits per heavy atom. The lowest BCUT2D eigenvalue weighted by Crippen LogP contribution is -2.22. The zero-order valence-corrected chi connectivity index (χ0v) is 27.6. The molecule has 0 aliphatic rings. The highest BCUT2D eigenvalue weighted by Gasteiger charge is 2.31. The lowest BCUT2D eigenvalue weighted by Gasteiger charge is -2.16. The molecule has 0 atom stereocenters. The first-order valence-electron chi connectivity index (χ1n) is 15.6. The number of aryl methyl sites for hydroxylation is 1. The van der Waals surface area contributed by atoms with E-state index in [0.29, 0.717) is 34.8 Å². The van der Waals surface area contributed by atoms with E-state index in [1.165, 1.54) is 13.8 Å². The first kappa shape index (κ1) is 35.8. The van der Waals surface area contributed by atoms with E-state index >= 15 is 0 Å². The Morgan fingerprint density at radius 3 is 2.20 bits per heavy atom. The van der Waals surface area contributed by atoms with E-state index in [1.54, 1.807) is 28.8 Å². The van der Waals surface area contributed by atoms with Crippen molar-refractivity contribution in [2.45, 2.75) is 65.7 Å². The van der Waals surface area contributed by atoms with Gasteiger partial charge in [0, 0.05) is 18.5 Å². The minimum absolute atomic E-state index is 0.0310. The van der Waals surface area contributed by atoms with Gasteiger partial charge in [0.25, 0.3) is 0 Å². The molecule has 2 aromatic heterocycles. The van der Waals surface area contributed by atoms with Gasteiger partial charge in [-0.25, -0.2) is 19.4 Å². The SMILES string of the molecule is CCCc1nc(C(C)(C)O)c(C(=O)O)n1Cc1ccc(-c2ccccc2-c2nnn(COC(=O)OCc3ccccc3CON(O)O)n2)cc1. The van der Waals surface area contributed by atoms with Crippen LogP contribution in [-0.2, 0) is 52.8 Å². The summed E-state index contributed by atoms with van der Waals surface area (Å²) in [5.74, 6) is -0.263. The molecule has 4 N–H and O–H groups in total. The molecule has 0 amide bonds. The number of carboxylic acid groups (broad SMARTS) is 1. The second-order valence-electron chi connectivity index (χ2n) is 11.8. The lowest BCUT2D eigenvalue weighted by atomic mass is 9.98. The van der Waals surface area contributed by atoms with Crippen LogP contribution >= 0.6 is 0 Å². The summed E-state index contributed by atoms with van der Waals surface area (Å²) in [4.78, 5) is 34.8. The Labute approximate surface area is 286 Å². The number of aromatic nitrogens is 6. The Bertz CT molecular complexity index is 1930. The summed E-state index contributed by atoms with van der Waals surface area (Å²) in [5.41, 5.74) is 3.02. The summed E-state index contributed by atoms with van der Waals surface area (Å²) < 4.78 is 12.0. The first-order valence-corrected chi connectivity index (χ1v) is 15.6. The van der Waals surface area contributed by atoms with Gasteiger partial charge in [0.2, 0.25) is 12.6 Å². The van der Waals surface area contributed by atoms with Crippen LogP contribution in [0.2, 0.25) is 0 Å². The fourth-order valence-corrected chi connectivity index (χ4v) is 5.29. The van der Waals surface area contributed by atoms with Gasteiger partial charge in [0.1, 0.15) is 23.7 Å². The number of nitrogens with zero attached hydrogens (tertiary/aromatic N) is 7. The predicted octanol–water partition coefficient (Wildman–Crippen LogP) is 4.95. The number of carboxylic acids is 1. The maximum atomic E-state index is 12.3. The van der Waals surface area contributed by atoms with Gasteiger partial charge in [0.15, 0.2) is 5.69 Å². The number of tetrazole rings is 1. The number of benzene rings is 3. The quantitative estimate of drug-likeness (QED) is 0.0848. The third kappa shape index (κ3) is 8.73. The van der Waals surface area contributed by atoms with Crippen molar-refractivity contribution < 1.29 is 44.5 Å². The molecule has 16 nitrogen and oxygen atoms in total. The summed E-state index contributed by atoms with van der Waals surface area (Å²) in [6.07, 6.45) is 0.342. The van der Waals surface area contributed by atoms with Crippen LogP contribution in [-0.4, -0.2) is 67.9 Å². The highest BCUT2D eigenvalue weighted by molar-refractivity contribution is 5.87. The number of ether oxygens (including phenoxy) is 2. The van der Waals surface area contributed by atoms with Crippen LogP contribution in [0.3, 0.4) is 0 Å². The van der Waals surface area contributed by atoms with E-state index < -0.39 is 23.1 Å². The minimum atomic E-state index is -1.42. The summed E-state index contributed by atoms with van der Waals surface area (Å²) in [7, 11) is 0. The zero-order valence-electron chi connectivity index (χ0n) is 27.6. The van der Waals surface area contributed by atoms with Crippen LogP contribution < -0.4 is 0 Å². The second kappa shape index (κ2) is 15.8. The highest BCUT2D eigenvalue weighted by Crippen LogP contribution is 2.31. The topological polar surface area (TPSA) is 207 Å². The molecule has 50 heavy (non-hydrogen) atoms. The molecule has 262 valence electrons. The van der Waals surface area contributed by atoms with Crippen LogP contribution in [0.4, 0.5) is 4.79 Å². The summed E-state index contributed by atoms with van der Waals surface area (Å²) in [5, 5.41) is 50.3. The molecule has 2 heterocycles. The van der Waals surface area contributed by atoms with Gasteiger partial charge >= 0.3 is 12.1 Å². The van der Waals surface area contributed by atoms with E-state index in [-0.39, 0.29) is 37.9 Å². The molecule has 0 aliphatic carbocycles. The number of carbonyl (C=O) groups is 2. The third-order valence-corrected chi connectivity index (χ3v) is 7.63. The monoisotopic (exact) mass is 687 g/mol. The maximum absolute atomic E-state index is 12.3. The molecule has 5 aromatic rings. The van der Waals surface area contributed by atoms with Crippen molar-refractivity contribution in [1.29, 1.82) is 0 Å².